The fourth-order valence-corrected chi connectivity index (χ4v) is 13.6. The number of piperazine rings is 1. The Morgan fingerprint density at radius 1 is 0.742 bits per heavy atom. The zero-order chi connectivity index (χ0) is 66.8. The van der Waals surface area contributed by atoms with Crippen LogP contribution in [0.3, 0.4) is 0 Å². The zero-order valence-electron chi connectivity index (χ0n) is 52.5. The first-order valence-electron chi connectivity index (χ1n) is 31.9. The van der Waals surface area contributed by atoms with Gasteiger partial charge in [0.2, 0.25) is 35.4 Å². The molecule has 13 atom stereocenters. The van der Waals surface area contributed by atoms with Crippen LogP contribution in [0.15, 0.2) is 60.8 Å². The van der Waals surface area contributed by atoms with Gasteiger partial charge >= 0.3 is 0 Å². The molecular formula is C63H88N14O15S. The Kier molecular flexibility index (Phi) is 23.7. The van der Waals surface area contributed by atoms with Crippen LogP contribution in [0.25, 0.3) is 21.1 Å². The maximum atomic E-state index is 14.7. The summed E-state index contributed by atoms with van der Waals surface area (Å²) in [4.78, 5) is 113. The number of phenolic OH excluding ortho intramolecular Hbond substituents is 1. The number of phenols is 1. The summed E-state index contributed by atoms with van der Waals surface area (Å²) in [6.45, 7) is 7.54. The molecule has 7 amide bonds. The lowest BCUT2D eigenvalue weighted by Crippen LogP contribution is -2.64. The molecular weight excluding hydrogens is 1220 g/mol. The monoisotopic (exact) mass is 1310 g/mol. The van der Waals surface area contributed by atoms with Crippen LogP contribution < -0.4 is 47.7 Å². The van der Waals surface area contributed by atoms with Gasteiger partial charge in [0.1, 0.15) is 52.1 Å². The molecule has 16 N–H and O–H groups in total. The highest BCUT2D eigenvalue weighted by Gasteiger charge is 2.50. The molecule has 9 rings (SSSR count). The van der Waals surface area contributed by atoms with E-state index in [1.54, 1.807) is 25.3 Å². The SMILES string of the molecule is CC1CCC(N2CCN(c3ccc(-c4nnc(-c5ccc(C(=O)N[C@H]6C[C@@H](O)CNC(=O)[C@@H]7[C@@H](O)[C@@H](C)CN7C(=O)[C@H]([C@H](O)CCN)NC(=O)[C@H]([C@H](O)Cc7ccc(O)c(OCCCN)c7)NC(=O)[C@@H]7C[C@@H](O)CN7C(=O)[C@H]([C@@H](C)O)NC6=O)cc5)s4)cn3)CC2)CC1. The van der Waals surface area contributed by atoms with Crippen molar-refractivity contribution in [3.63, 3.8) is 0 Å². The van der Waals surface area contributed by atoms with E-state index in [2.05, 4.69) is 53.5 Å². The van der Waals surface area contributed by atoms with Crippen LogP contribution in [0.4, 0.5) is 5.82 Å². The molecule has 506 valence electrons. The molecule has 5 fully saturated rings. The number of hydrogen-bond acceptors (Lipinski definition) is 23. The van der Waals surface area contributed by atoms with Gasteiger partial charge in [-0.3, -0.25) is 38.5 Å². The van der Waals surface area contributed by atoms with Crippen LogP contribution in [0.2, 0.25) is 0 Å². The number of benzene rings is 2. The molecule has 0 spiro atoms. The third-order valence-electron chi connectivity index (χ3n) is 18.2. The summed E-state index contributed by atoms with van der Waals surface area (Å²) in [6, 6.07) is 3.93. The zero-order valence-corrected chi connectivity index (χ0v) is 53.3. The molecule has 2 aromatic heterocycles. The van der Waals surface area contributed by atoms with Gasteiger partial charge < -0.3 is 93.2 Å². The molecule has 4 aliphatic heterocycles. The second-order valence-electron chi connectivity index (χ2n) is 25.2. The normalized spacial score (nSPS) is 28.4. The lowest BCUT2D eigenvalue weighted by molar-refractivity contribution is -0.147. The number of nitrogens with zero attached hydrogens (tertiary/aromatic N) is 7. The summed E-state index contributed by atoms with van der Waals surface area (Å²) in [5, 5.41) is 102. The molecule has 29 nitrogen and oxygen atoms in total. The van der Waals surface area contributed by atoms with Crippen molar-refractivity contribution in [3.05, 3.63) is 71.9 Å². The number of rotatable bonds is 17. The van der Waals surface area contributed by atoms with Gasteiger partial charge in [0.05, 0.1) is 43.2 Å². The van der Waals surface area contributed by atoms with Crippen LogP contribution in [0, 0.1) is 11.8 Å². The number of nitrogens with one attached hydrogen (secondary N) is 5. The minimum Gasteiger partial charge on any atom is -0.504 e. The minimum absolute atomic E-state index is 0.00525. The van der Waals surface area contributed by atoms with Gasteiger partial charge in [-0.2, -0.15) is 0 Å². The summed E-state index contributed by atoms with van der Waals surface area (Å²) < 4.78 is 5.66. The first-order chi connectivity index (χ1) is 44.5. The number of aliphatic hydroxyl groups excluding tert-OH is 6. The Morgan fingerprint density at radius 3 is 2.08 bits per heavy atom. The van der Waals surface area contributed by atoms with E-state index in [4.69, 9.17) is 21.2 Å². The van der Waals surface area contributed by atoms with Crippen LogP contribution in [-0.4, -0.2) is 251 Å². The Balaban J connectivity index is 0.949. The van der Waals surface area contributed by atoms with Crippen molar-refractivity contribution in [1.82, 2.24) is 56.5 Å². The highest BCUT2D eigenvalue weighted by molar-refractivity contribution is 7.17. The predicted octanol–water partition coefficient (Wildman–Crippen LogP) is -2.30. The largest absolute Gasteiger partial charge is 0.504 e. The molecule has 4 aromatic rings. The van der Waals surface area contributed by atoms with E-state index in [0.717, 1.165) is 60.2 Å². The molecule has 0 bridgehead atoms. The second-order valence-corrected chi connectivity index (χ2v) is 26.2. The number of carbonyl (C=O) groups is 7. The summed E-state index contributed by atoms with van der Waals surface area (Å²) in [5.41, 5.74) is 13.1. The topological polar surface area (TPSA) is 434 Å². The van der Waals surface area contributed by atoms with E-state index < -0.39 is 152 Å². The number of aliphatic hydroxyl groups is 6. The summed E-state index contributed by atoms with van der Waals surface area (Å²) in [5.74, 6) is -6.87. The lowest BCUT2D eigenvalue weighted by Gasteiger charge is -2.42. The predicted molar refractivity (Wildman–Crippen MR) is 340 cm³/mol. The summed E-state index contributed by atoms with van der Waals surface area (Å²) in [6.07, 6.45) is -4.54. The van der Waals surface area contributed by atoms with Gasteiger partial charge in [0, 0.05) is 99.9 Å². The fraction of sp³-hybridized carbons (Fsp3) is 0.587. The molecule has 1 aliphatic carbocycles. The van der Waals surface area contributed by atoms with Crippen LogP contribution >= 0.6 is 11.3 Å². The third-order valence-corrected chi connectivity index (χ3v) is 19.3. The molecule has 5 aliphatic rings. The first kappa shape index (κ1) is 69.8. The molecule has 93 heavy (non-hydrogen) atoms. The number of aromatic nitrogens is 3. The molecule has 2 aromatic carbocycles. The maximum Gasteiger partial charge on any atom is 0.251 e. The minimum atomic E-state index is -2.04. The Bertz CT molecular complexity index is 3240. The number of nitrogens with two attached hydrogens (primary N) is 2. The van der Waals surface area contributed by atoms with E-state index in [1.807, 2.05) is 12.1 Å². The standard InChI is InChI=1S/C63H88N14O15S/c1-33-5-13-40(14-6-33)74-20-22-75(23-21-74)49-16-12-39(29-66-49)61-73-72-60(93-61)38-10-8-37(9-11-38)55(85)68-43-27-41(79)30-67-59(89)53-54(84)34(2)31-77(53)63(91)52(46(82)17-19-65)71-58(88)51(47(83)25-36-7-15-45(81)48(26-36)92-24-4-18-64)70-57(87)44-28-42(80)32-76(44)62(90)50(35(3)78)69-56(43)86/h7-12,15-16,26,29,33-35,40-44,46-47,50-54,78-84H,4-6,13-14,17-25,27-28,30-32,64-65H2,1-3H3,(H,67,89)(H,68,85)(H,69,86)(H,70,87)(H,71,88)/t33?,34-,35+,40?,41+,42+,43-,44-,46+,47+,50-,51-,52-,53-,54-/m0/s1. The van der Waals surface area contributed by atoms with Crippen molar-refractivity contribution < 1.29 is 74.0 Å². The Hall–Kier alpha value is -7.52. The number of aromatic hydroxyl groups is 1. The molecule has 1 saturated carbocycles. The van der Waals surface area contributed by atoms with Crippen molar-refractivity contribution in [1.29, 1.82) is 0 Å². The van der Waals surface area contributed by atoms with Crippen molar-refractivity contribution >= 4 is 58.5 Å². The Morgan fingerprint density at radius 2 is 1.41 bits per heavy atom. The highest BCUT2D eigenvalue weighted by atomic mass is 32.1. The van der Waals surface area contributed by atoms with Crippen molar-refractivity contribution in [3.8, 4) is 32.6 Å². The van der Waals surface area contributed by atoms with Crippen molar-refractivity contribution in [2.75, 3.05) is 70.4 Å². The molecule has 4 saturated heterocycles. The van der Waals surface area contributed by atoms with Gasteiger partial charge in [-0.15, -0.1) is 10.2 Å². The number of β-amino-alcohol motifs (C(OH)–C–C–N with tert-alkyl or cyclic N) is 1. The summed E-state index contributed by atoms with van der Waals surface area (Å²) >= 11 is 1.32. The van der Waals surface area contributed by atoms with Gasteiger partial charge in [0.25, 0.3) is 5.91 Å². The molecule has 0 unspecified atom stereocenters. The number of fused-ring (bicyclic) bond motifs is 2. The number of anilines is 1. The lowest BCUT2D eigenvalue weighted by atomic mass is 9.86. The van der Waals surface area contributed by atoms with Gasteiger partial charge in [-0.1, -0.05) is 43.4 Å². The van der Waals surface area contributed by atoms with Crippen LogP contribution in [-0.2, 0) is 35.2 Å². The van der Waals surface area contributed by atoms with Crippen LogP contribution in [0.5, 0.6) is 11.5 Å². The van der Waals surface area contributed by atoms with E-state index in [1.165, 1.54) is 67.4 Å². The van der Waals surface area contributed by atoms with Gasteiger partial charge in [-0.05, 0) is 106 Å². The quantitative estimate of drug-likeness (QED) is 0.0494. The van der Waals surface area contributed by atoms with E-state index in [0.29, 0.717) is 28.0 Å². The molecule has 0 radical (unpaired) electrons. The number of ether oxygens (including phenoxy) is 1. The average Bonchev–Trinajstić information content (AvgIpc) is 1.74. The Labute approximate surface area is 542 Å². The average molecular weight is 1310 g/mol. The number of pyridine rings is 1. The fourth-order valence-electron chi connectivity index (χ4n) is 12.8. The molecule has 30 heteroatoms. The number of hydrogen-bond donors (Lipinski definition) is 14. The maximum absolute atomic E-state index is 14.7. The van der Waals surface area contributed by atoms with E-state index in [-0.39, 0.29) is 55.3 Å². The van der Waals surface area contributed by atoms with Crippen molar-refractivity contribution in [2.45, 2.75) is 157 Å². The van der Waals surface area contributed by atoms with Crippen LogP contribution in [0.1, 0.15) is 88.1 Å². The van der Waals surface area contributed by atoms with Gasteiger partial charge in [0.15, 0.2) is 11.5 Å². The number of amides is 7. The third kappa shape index (κ3) is 17.1. The highest BCUT2D eigenvalue weighted by Crippen LogP contribution is 2.34. The van der Waals surface area contributed by atoms with E-state index >= 15 is 0 Å². The van der Waals surface area contributed by atoms with Crippen molar-refractivity contribution in [2.24, 2.45) is 23.3 Å². The first-order valence-corrected chi connectivity index (χ1v) is 32.8. The van der Waals surface area contributed by atoms with E-state index in [9.17, 15) is 69.3 Å². The second kappa shape index (κ2) is 31.6. The van der Waals surface area contributed by atoms with Gasteiger partial charge in [-0.25, -0.2) is 4.98 Å². The smallest absolute Gasteiger partial charge is 0.251 e. The summed E-state index contributed by atoms with van der Waals surface area (Å²) in [7, 11) is 0. The molecule has 6 heterocycles. The number of carbonyl (C=O) groups excluding carboxylic acids is 7.